The molecule has 0 unspecified atom stereocenters. The summed E-state index contributed by atoms with van der Waals surface area (Å²) in [5.74, 6) is 0.725. The van der Waals surface area contributed by atoms with E-state index in [2.05, 4.69) is 10.3 Å². The molecule has 1 atom stereocenters. The first-order valence-electron chi connectivity index (χ1n) is 5.89. The molecule has 1 aromatic rings. The molecule has 0 aliphatic carbocycles. The third-order valence-electron chi connectivity index (χ3n) is 1.91. The predicted molar refractivity (Wildman–Crippen MR) is 68.6 cm³/mol. The lowest BCUT2D eigenvalue weighted by Crippen LogP contribution is -2.40. The zero-order valence-electron chi connectivity index (χ0n) is 11.3. The number of rotatable bonds is 4. The van der Waals surface area contributed by atoms with Gasteiger partial charge in [0.1, 0.15) is 18.0 Å². The Hall–Kier alpha value is -1.78. The van der Waals surface area contributed by atoms with E-state index >= 15 is 0 Å². The lowest BCUT2D eigenvalue weighted by Gasteiger charge is -2.22. The molecule has 100 valence electrons. The van der Waals surface area contributed by atoms with Gasteiger partial charge in [0.25, 0.3) is 0 Å². The van der Waals surface area contributed by atoms with Crippen molar-refractivity contribution in [2.75, 3.05) is 6.61 Å². The Balaban J connectivity index is 2.29. The van der Waals surface area contributed by atoms with Crippen LogP contribution in [0.5, 0.6) is 5.75 Å². The normalized spacial score (nSPS) is 12.7. The van der Waals surface area contributed by atoms with Crippen LogP contribution in [0, 0.1) is 0 Å². The van der Waals surface area contributed by atoms with Crippen molar-refractivity contribution in [3.8, 4) is 5.75 Å². The summed E-state index contributed by atoms with van der Waals surface area (Å²) >= 11 is 0. The summed E-state index contributed by atoms with van der Waals surface area (Å²) < 4.78 is 10.6. The van der Waals surface area contributed by atoms with Crippen molar-refractivity contribution in [3.05, 3.63) is 24.5 Å². The number of carbonyl (C=O) groups is 1. The number of aromatic nitrogens is 1. The van der Waals surface area contributed by atoms with Crippen LogP contribution in [0.1, 0.15) is 27.7 Å². The highest BCUT2D eigenvalue weighted by Crippen LogP contribution is 2.08. The first-order valence-corrected chi connectivity index (χ1v) is 5.89. The van der Waals surface area contributed by atoms with E-state index in [1.54, 1.807) is 24.5 Å². The highest BCUT2D eigenvalue weighted by Gasteiger charge is 2.17. The van der Waals surface area contributed by atoms with Crippen LogP contribution in [-0.2, 0) is 4.74 Å². The Kier molecular flexibility index (Phi) is 4.95. The molecule has 0 saturated carbocycles. The smallest absolute Gasteiger partial charge is 0.407 e. The van der Waals surface area contributed by atoms with Gasteiger partial charge in [-0.15, -0.1) is 0 Å². The first-order chi connectivity index (χ1) is 8.37. The molecule has 1 rings (SSSR count). The molecule has 0 aromatic carbocycles. The molecule has 1 aromatic heterocycles. The van der Waals surface area contributed by atoms with Gasteiger partial charge >= 0.3 is 6.09 Å². The minimum atomic E-state index is -0.490. The van der Waals surface area contributed by atoms with E-state index in [0.29, 0.717) is 6.61 Å². The maximum Gasteiger partial charge on any atom is 0.407 e. The number of amides is 1. The van der Waals surface area contributed by atoms with Crippen molar-refractivity contribution >= 4 is 6.09 Å². The summed E-state index contributed by atoms with van der Waals surface area (Å²) in [6, 6.07) is 3.40. The molecular weight excluding hydrogens is 232 g/mol. The molecule has 5 nitrogen and oxygen atoms in total. The lowest BCUT2D eigenvalue weighted by atomic mass is 10.2. The number of nitrogens with one attached hydrogen (secondary N) is 1. The predicted octanol–water partition coefficient (Wildman–Crippen LogP) is 2.37. The van der Waals surface area contributed by atoms with Crippen LogP contribution >= 0.6 is 0 Å². The summed E-state index contributed by atoms with van der Waals surface area (Å²) in [5, 5.41) is 2.70. The number of hydrogen-bond acceptors (Lipinski definition) is 4. The third-order valence-corrected chi connectivity index (χ3v) is 1.91. The van der Waals surface area contributed by atoms with Crippen LogP contribution in [0.15, 0.2) is 24.5 Å². The summed E-state index contributed by atoms with van der Waals surface area (Å²) in [4.78, 5) is 15.4. The van der Waals surface area contributed by atoms with Gasteiger partial charge in [-0.3, -0.25) is 4.98 Å². The van der Waals surface area contributed by atoms with E-state index in [9.17, 15) is 4.79 Å². The largest absolute Gasteiger partial charge is 0.491 e. The van der Waals surface area contributed by atoms with Crippen molar-refractivity contribution in [2.45, 2.75) is 39.3 Å². The molecular formula is C13H20N2O3. The number of ether oxygens (including phenoxy) is 2. The number of nitrogens with zero attached hydrogens (tertiary/aromatic N) is 1. The number of pyridine rings is 1. The molecule has 0 spiro atoms. The Morgan fingerprint density at radius 2 is 2.00 bits per heavy atom. The fourth-order valence-electron chi connectivity index (χ4n) is 1.21. The summed E-state index contributed by atoms with van der Waals surface area (Å²) in [6.07, 6.45) is 2.87. The van der Waals surface area contributed by atoms with Crippen LogP contribution in [0.25, 0.3) is 0 Å². The highest BCUT2D eigenvalue weighted by atomic mass is 16.6. The minimum absolute atomic E-state index is 0.131. The molecule has 5 heteroatoms. The van der Waals surface area contributed by atoms with Gasteiger partial charge in [-0.2, -0.15) is 0 Å². The van der Waals surface area contributed by atoms with Crippen LogP contribution in [0.2, 0.25) is 0 Å². The Morgan fingerprint density at radius 1 is 1.39 bits per heavy atom. The summed E-state index contributed by atoms with van der Waals surface area (Å²) in [6.45, 7) is 7.70. The highest BCUT2D eigenvalue weighted by molar-refractivity contribution is 5.68. The van der Waals surface area contributed by atoms with Gasteiger partial charge in [0, 0.05) is 12.4 Å². The van der Waals surface area contributed by atoms with Crippen LogP contribution in [0.3, 0.4) is 0 Å². The molecule has 1 heterocycles. The molecule has 1 amide bonds. The van der Waals surface area contributed by atoms with Gasteiger partial charge in [0.2, 0.25) is 0 Å². The van der Waals surface area contributed by atoms with Gasteiger partial charge in [-0.1, -0.05) is 0 Å². The maximum absolute atomic E-state index is 11.5. The fourth-order valence-corrected chi connectivity index (χ4v) is 1.21. The zero-order chi connectivity index (χ0) is 13.6. The van der Waals surface area contributed by atoms with E-state index in [1.807, 2.05) is 27.7 Å². The first kappa shape index (κ1) is 14.3. The molecule has 18 heavy (non-hydrogen) atoms. The van der Waals surface area contributed by atoms with Crippen LogP contribution in [0.4, 0.5) is 4.79 Å². The number of alkyl carbamates (subject to hydrolysis) is 1. The topological polar surface area (TPSA) is 60.5 Å². The van der Waals surface area contributed by atoms with Gasteiger partial charge in [0.05, 0.1) is 6.04 Å². The average molecular weight is 252 g/mol. The van der Waals surface area contributed by atoms with Gasteiger partial charge < -0.3 is 14.8 Å². The van der Waals surface area contributed by atoms with E-state index in [4.69, 9.17) is 9.47 Å². The van der Waals surface area contributed by atoms with E-state index in [0.717, 1.165) is 5.75 Å². The van der Waals surface area contributed by atoms with Crippen LogP contribution < -0.4 is 10.1 Å². The Bertz CT molecular complexity index is 374. The Morgan fingerprint density at radius 3 is 2.56 bits per heavy atom. The molecule has 0 aliphatic rings. The third kappa shape index (κ3) is 6.08. The Labute approximate surface area is 108 Å². The summed E-state index contributed by atoms with van der Waals surface area (Å²) in [5.41, 5.74) is -0.490. The van der Waals surface area contributed by atoms with Gasteiger partial charge in [-0.05, 0) is 39.8 Å². The van der Waals surface area contributed by atoms with Gasteiger partial charge in [0.15, 0.2) is 0 Å². The monoisotopic (exact) mass is 252 g/mol. The van der Waals surface area contributed by atoms with Crippen molar-refractivity contribution in [1.29, 1.82) is 0 Å². The van der Waals surface area contributed by atoms with Crippen molar-refractivity contribution in [3.63, 3.8) is 0 Å². The molecule has 0 radical (unpaired) electrons. The quantitative estimate of drug-likeness (QED) is 0.893. The molecule has 1 N–H and O–H groups in total. The second-order valence-electron chi connectivity index (χ2n) is 5.04. The molecule has 0 bridgehead atoms. The van der Waals surface area contributed by atoms with E-state index in [1.165, 1.54) is 0 Å². The van der Waals surface area contributed by atoms with E-state index in [-0.39, 0.29) is 6.04 Å². The molecule has 0 fully saturated rings. The van der Waals surface area contributed by atoms with Gasteiger partial charge in [-0.25, -0.2) is 4.79 Å². The van der Waals surface area contributed by atoms with Crippen molar-refractivity contribution in [2.24, 2.45) is 0 Å². The minimum Gasteiger partial charge on any atom is -0.491 e. The second kappa shape index (κ2) is 6.23. The lowest BCUT2D eigenvalue weighted by molar-refractivity contribution is 0.0494. The van der Waals surface area contributed by atoms with Crippen LogP contribution in [-0.4, -0.2) is 29.3 Å². The SMILES string of the molecule is C[C@@H](COc1ccncc1)NC(=O)OC(C)(C)C. The fraction of sp³-hybridized carbons (Fsp3) is 0.538. The van der Waals surface area contributed by atoms with Crippen molar-refractivity contribution in [1.82, 2.24) is 10.3 Å². The average Bonchev–Trinajstić information content (AvgIpc) is 2.25. The van der Waals surface area contributed by atoms with Crippen molar-refractivity contribution < 1.29 is 14.3 Å². The van der Waals surface area contributed by atoms with E-state index < -0.39 is 11.7 Å². The number of hydrogen-bond donors (Lipinski definition) is 1. The standard InChI is InChI=1S/C13H20N2O3/c1-10(15-12(16)18-13(2,3)4)9-17-11-5-7-14-8-6-11/h5-8,10H,9H2,1-4H3,(H,15,16)/t10-/m0/s1. The maximum atomic E-state index is 11.5. The molecule has 0 saturated heterocycles. The summed E-state index contributed by atoms with van der Waals surface area (Å²) in [7, 11) is 0. The second-order valence-corrected chi connectivity index (χ2v) is 5.04. The zero-order valence-corrected chi connectivity index (χ0v) is 11.3. The number of carbonyl (C=O) groups excluding carboxylic acids is 1. The molecule has 0 aliphatic heterocycles.